The van der Waals surface area contributed by atoms with Gasteiger partial charge in [0.25, 0.3) is 0 Å². The number of aromatic nitrogens is 1. The molecule has 0 bridgehead atoms. The van der Waals surface area contributed by atoms with Crippen LogP contribution in [0, 0.1) is 27.7 Å². The first-order valence-electron chi connectivity index (χ1n) is 9.51. The quantitative estimate of drug-likeness (QED) is 0.662. The molecule has 1 heterocycles. The van der Waals surface area contributed by atoms with Crippen LogP contribution in [0.1, 0.15) is 39.4 Å². The second-order valence-corrected chi connectivity index (χ2v) is 7.31. The Labute approximate surface area is 167 Å². The summed E-state index contributed by atoms with van der Waals surface area (Å²) in [6.45, 7) is 8.46. The average Bonchev–Trinajstić information content (AvgIpc) is 2.68. The summed E-state index contributed by atoms with van der Waals surface area (Å²) in [5, 5.41) is 6.40. The Kier molecular flexibility index (Phi) is 6.22. The van der Waals surface area contributed by atoms with Gasteiger partial charge in [-0.2, -0.15) is 0 Å². The van der Waals surface area contributed by atoms with Crippen molar-refractivity contribution in [3.8, 4) is 0 Å². The van der Waals surface area contributed by atoms with E-state index in [1.807, 2.05) is 44.3 Å². The van der Waals surface area contributed by atoms with Crippen LogP contribution in [-0.2, 0) is 4.79 Å². The maximum Gasteiger partial charge on any atom is 0.238 e. The molecule has 1 unspecified atom stereocenters. The number of rotatable bonds is 6. The second-order valence-electron chi connectivity index (χ2n) is 7.31. The van der Waals surface area contributed by atoms with E-state index >= 15 is 0 Å². The maximum atomic E-state index is 12.5. The van der Waals surface area contributed by atoms with Crippen molar-refractivity contribution in [2.45, 2.75) is 33.7 Å². The third kappa shape index (κ3) is 4.84. The topological polar surface area (TPSA) is 54.0 Å². The van der Waals surface area contributed by atoms with Crippen molar-refractivity contribution < 1.29 is 4.79 Å². The fraction of sp³-hybridized carbons (Fsp3) is 0.250. The van der Waals surface area contributed by atoms with E-state index < -0.39 is 0 Å². The number of aryl methyl sites for hydroxylation is 4. The Morgan fingerprint density at radius 2 is 1.75 bits per heavy atom. The van der Waals surface area contributed by atoms with Crippen molar-refractivity contribution >= 4 is 11.6 Å². The number of carbonyl (C=O) groups excluding carboxylic acids is 1. The fourth-order valence-corrected chi connectivity index (χ4v) is 3.26. The van der Waals surface area contributed by atoms with Crippen LogP contribution in [0.3, 0.4) is 0 Å². The SMILES string of the molecule is Cc1ccc(NC(=O)CNC(c2cccnc2)c2ccc(C)c(C)c2)c(C)c1. The van der Waals surface area contributed by atoms with Gasteiger partial charge in [-0.1, -0.05) is 42.0 Å². The zero-order valence-electron chi connectivity index (χ0n) is 16.9. The van der Waals surface area contributed by atoms with E-state index in [-0.39, 0.29) is 18.5 Å². The summed E-state index contributed by atoms with van der Waals surface area (Å²) in [5.74, 6) is -0.0651. The van der Waals surface area contributed by atoms with E-state index in [1.165, 1.54) is 16.7 Å². The summed E-state index contributed by atoms with van der Waals surface area (Å²) in [5.41, 5.74) is 7.72. The Balaban J connectivity index is 1.76. The number of anilines is 1. The molecular formula is C24H27N3O. The molecule has 0 saturated carbocycles. The van der Waals surface area contributed by atoms with Crippen molar-refractivity contribution in [3.63, 3.8) is 0 Å². The molecule has 2 N–H and O–H groups in total. The minimum Gasteiger partial charge on any atom is -0.325 e. The lowest BCUT2D eigenvalue weighted by Gasteiger charge is -2.20. The highest BCUT2D eigenvalue weighted by Crippen LogP contribution is 2.23. The summed E-state index contributed by atoms with van der Waals surface area (Å²) in [7, 11) is 0. The first kappa shape index (κ1) is 19.8. The van der Waals surface area contributed by atoms with Gasteiger partial charge < -0.3 is 5.32 Å². The van der Waals surface area contributed by atoms with Crippen molar-refractivity contribution in [2.24, 2.45) is 0 Å². The highest BCUT2D eigenvalue weighted by atomic mass is 16.1. The molecule has 144 valence electrons. The van der Waals surface area contributed by atoms with Gasteiger partial charge >= 0.3 is 0 Å². The predicted molar refractivity (Wildman–Crippen MR) is 115 cm³/mol. The largest absolute Gasteiger partial charge is 0.325 e. The summed E-state index contributed by atoms with van der Waals surface area (Å²) in [4.78, 5) is 16.8. The molecule has 0 aliphatic rings. The molecule has 2 aromatic carbocycles. The van der Waals surface area contributed by atoms with Crippen LogP contribution >= 0.6 is 0 Å². The number of benzene rings is 2. The van der Waals surface area contributed by atoms with Crippen molar-refractivity contribution in [3.05, 3.63) is 94.3 Å². The normalized spacial score (nSPS) is 11.9. The number of pyridine rings is 1. The zero-order chi connectivity index (χ0) is 20.1. The molecular weight excluding hydrogens is 346 g/mol. The summed E-state index contributed by atoms with van der Waals surface area (Å²) >= 11 is 0. The smallest absolute Gasteiger partial charge is 0.238 e. The molecule has 0 spiro atoms. The van der Waals surface area contributed by atoms with Crippen LogP contribution in [0.25, 0.3) is 0 Å². The van der Waals surface area contributed by atoms with Crippen LogP contribution in [0.5, 0.6) is 0 Å². The van der Waals surface area contributed by atoms with Crippen LogP contribution in [0.4, 0.5) is 5.69 Å². The zero-order valence-corrected chi connectivity index (χ0v) is 16.9. The lowest BCUT2D eigenvalue weighted by atomic mass is 9.96. The lowest BCUT2D eigenvalue weighted by Crippen LogP contribution is -2.32. The van der Waals surface area contributed by atoms with Gasteiger partial charge in [0, 0.05) is 18.1 Å². The minimum atomic E-state index is -0.0992. The lowest BCUT2D eigenvalue weighted by molar-refractivity contribution is -0.115. The van der Waals surface area contributed by atoms with E-state index in [1.54, 1.807) is 6.20 Å². The Morgan fingerprint density at radius 1 is 0.929 bits per heavy atom. The Morgan fingerprint density at radius 3 is 2.43 bits per heavy atom. The Hall–Kier alpha value is -2.98. The minimum absolute atomic E-state index is 0.0651. The monoisotopic (exact) mass is 373 g/mol. The van der Waals surface area contributed by atoms with E-state index in [4.69, 9.17) is 0 Å². The van der Waals surface area contributed by atoms with E-state index in [9.17, 15) is 4.79 Å². The molecule has 3 rings (SSSR count). The molecule has 0 radical (unpaired) electrons. The fourth-order valence-electron chi connectivity index (χ4n) is 3.26. The van der Waals surface area contributed by atoms with E-state index in [0.29, 0.717) is 0 Å². The van der Waals surface area contributed by atoms with Gasteiger partial charge in [-0.25, -0.2) is 0 Å². The second kappa shape index (κ2) is 8.81. The van der Waals surface area contributed by atoms with E-state index in [2.05, 4.69) is 53.7 Å². The van der Waals surface area contributed by atoms with Crippen LogP contribution in [0.15, 0.2) is 60.9 Å². The predicted octanol–water partition coefficient (Wildman–Crippen LogP) is 4.63. The van der Waals surface area contributed by atoms with Crippen LogP contribution < -0.4 is 10.6 Å². The van der Waals surface area contributed by atoms with Crippen LogP contribution in [0.2, 0.25) is 0 Å². The van der Waals surface area contributed by atoms with Crippen molar-refractivity contribution in [1.29, 1.82) is 0 Å². The maximum absolute atomic E-state index is 12.5. The molecule has 3 aromatic rings. The molecule has 0 aliphatic heterocycles. The van der Waals surface area contributed by atoms with Gasteiger partial charge in [-0.15, -0.1) is 0 Å². The highest BCUT2D eigenvalue weighted by molar-refractivity contribution is 5.93. The van der Waals surface area contributed by atoms with Gasteiger partial charge in [-0.3, -0.25) is 15.1 Å². The molecule has 28 heavy (non-hydrogen) atoms. The summed E-state index contributed by atoms with van der Waals surface area (Å²) in [6.07, 6.45) is 3.60. The van der Waals surface area contributed by atoms with Gasteiger partial charge in [-0.05, 0) is 67.6 Å². The first-order chi connectivity index (χ1) is 13.4. The van der Waals surface area contributed by atoms with Gasteiger partial charge in [0.2, 0.25) is 5.91 Å². The van der Waals surface area contributed by atoms with Crippen LogP contribution in [-0.4, -0.2) is 17.4 Å². The number of nitrogens with one attached hydrogen (secondary N) is 2. The van der Waals surface area contributed by atoms with Gasteiger partial charge in [0.1, 0.15) is 0 Å². The standard InChI is InChI=1S/C24H27N3O/c1-16-7-10-22(19(4)12-16)27-23(28)15-26-24(21-6-5-11-25-14-21)20-9-8-17(2)18(3)13-20/h5-14,24,26H,15H2,1-4H3,(H,27,28). The van der Waals surface area contributed by atoms with E-state index in [0.717, 1.165) is 22.4 Å². The molecule has 0 saturated heterocycles. The number of carbonyl (C=O) groups is 1. The molecule has 1 amide bonds. The molecule has 0 fully saturated rings. The summed E-state index contributed by atoms with van der Waals surface area (Å²) < 4.78 is 0. The molecule has 1 atom stereocenters. The molecule has 0 aliphatic carbocycles. The van der Waals surface area contributed by atoms with Gasteiger partial charge in [0.15, 0.2) is 0 Å². The molecule has 1 aromatic heterocycles. The van der Waals surface area contributed by atoms with Crippen molar-refractivity contribution in [1.82, 2.24) is 10.3 Å². The number of hydrogen-bond donors (Lipinski definition) is 2. The number of amides is 1. The number of nitrogens with zero attached hydrogens (tertiary/aromatic N) is 1. The number of hydrogen-bond acceptors (Lipinski definition) is 3. The third-order valence-electron chi connectivity index (χ3n) is 5.00. The first-order valence-corrected chi connectivity index (χ1v) is 9.51. The third-order valence-corrected chi connectivity index (χ3v) is 5.00. The van der Waals surface area contributed by atoms with Crippen molar-refractivity contribution in [2.75, 3.05) is 11.9 Å². The van der Waals surface area contributed by atoms with Gasteiger partial charge in [0.05, 0.1) is 12.6 Å². The summed E-state index contributed by atoms with van der Waals surface area (Å²) in [6, 6.07) is 16.3. The average molecular weight is 374 g/mol. The molecule has 4 nitrogen and oxygen atoms in total. The highest BCUT2D eigenvalue weighted by Gasteiger charge is 2.16. The Bertz CT molecular complexity index is 967. The molecule has 4 heteroatoms.